The largest absolute Gasteiger partial charge is 0.465 e. The van der Waals surface area contributed by atoms with E-state index in [1.54, 1.807) is 6.20 Å². The number of rotatable bonds is 11. The third-order valence-corrected chi connectivity index (χ3v) is 14.0. The van der Waals surface area contributed by atoms with Gasteiger partial charge in [-0.1, -0.05) is 62.4 Å². The van der Waals surface area contributed by atoms with Gasteiger partial charge in [-0.3, -0.25) is 9.59 Å². The van der Waals surface area contributed by atoms with E-state index in [9.17, 15) is 24.3 Å². The van der Waals surface area contributed by atoms with Crippen LogP contribution in [0.4, 0.5) is 9.59 Å². The number of aromatic amines is 2. The highest BCUT2D eigenvalue weighted by Gasteiger charge is 2.58. The number of likely N-dealkylation sites (tertiary alicyclic amines) is 2. The molecule has 3 saturated carbocycles. The maximum atomic E-state index is 14.4. The number of amides is 4. The van der Waals surface area contributed by atoms with Crippen LogP contribution in [0.3, 0.4) is 0 Å². The molecule has 0 bridgehead atoms. The van der Waals surface area contributed by atoms with E-state index in [1.165, 1.54) is 7.11 Å². The summed E-state index contributed by atoms with van der Waals surface area (Å²) >= 11 is 0. The van der Waals surface area contributed by atoms with E-state index in [2.05, 4.69) is 69.1 Å². The summed E-state index contributed by atoms with van der Waals surface area (Å²) in [5.41, 5.74) is 5.65. The summed E-state index contributed by atoms with van der Waals surface area (Å²) in [5, 5.41) is 14.7. The monoisotopic (exact) mass is 816 g/mol. The molecule has 314 valence electrons. The highest BCUT2D eigenvalue weighted by atomic mass is 16.5. The third-order valence-electron chi connectivity index (χ3n) is 14.0. The third kappa shape index (κ3) is 7.09. The molecule has 9 atom stereocenters. The lowest BCUT2D eigenvalue weighted by Crippen LogP contribution is -2.54. The van der Waals surface area contributed by atoms with Gasteiger partial charge in [0.1, 0.15) is 23.7 Å². The fourth-order valence-electron chi connectivity index (χ4n) is 10.4. The topological polar surface area (TPSA) is 195 Å². The van der Waals surface area contributed by atoms with Crippen LogP contribution in [-0.4, -0.2) is 102 Å². The molecule has 4 amide bonds. The number of aromatic nitrogens is 4. The van der Waals surface area contributed by atoms with Crippen molar-refractivity contribution in [3.8, 4) is 33.6 Å². The van der Waals surface area contributed by atoms with Gasteiger partial charge in [-0.25, -0.2) is 19.6 Å². The first-order valence-corrected chi connectivity index (χ1v) is 21.4. The van der Waals surface area contributed by atoms with Crippen molar-refractivity contribution in [1.29, 1.82) is 0 Å². The van der Waals surface area contributed by atoms with Crippen LogP contribution >= 0.6 is 0 Å². The lowest BCUT2D eigenvalue weighted by molar-refractivity contribution is -0.139. The van der Waals surface area contributed by atoms with Crippen molar-refractivity contribution in [2.75, 3.05) is 13.7 Å². The van der Waals surface area contributed by atoms with Crippen molar-refractivity contribution >= 4 is 24.0 Å². The zero-order valence-corrected chi connectivity index (χ0v) is 34.1. The van der Waals surface area contributed by atoms with Gasteiger partial charge in [0.05, 0.1) is 48.6 Å². The Kier molecular flexibility index (Phi) is 9.49. The van der Waals surface area contributed by atoms with Crippen LogP contribution in [0.1, 0.15) is 88.9 Å². The first-order valence-electron chi connectivity index (χ1n) is 21.4. The number of carbonyl (C=O) groups excluding carboxylic acids is 3. The smallest absolute Gasteiger partial charge is 0.407 e. The summed E-state index contributed by atoms with van der Waals surface area (Å²) in [7, 11) is 1.33. The number of alkyl carbamates (subject to hydrolysis) is 1. The van der Waals surface area contributed by atoms with Crippen LogP contribution in [-0.2, 0) is 19.1 Å². The van der Waals surface area contributed by atoms with Gasteiger partial charge in [0.15, 0.2) is 0 Å². The molecule has 1 spiro atoms. The first kappa shape index (κ1) is 38.5. The minimum Gasteiger partial charge on any atom is -0.465 e. The van der Waals surface area contributed by atoms with Crippen LogP contribution < -0.4 is 10.6 Å². The first-order chi connectivity index (χ1) is 29.0. The molecule has 5 N–H and O–H groups in total. The molecule has 6 fully saturated rings. The van der Waals surface area contributed by atoms with E-state index in [0.717, 1.165) is 90.2 Å². The van der Waals surface area contributed by atoms with Crippen molar-refractivity contribution in [2.45, 2.75) is 107 Å². The zero-order chi connectivity index (χ0) is 41.4. The lowest BCUT2D eigenvalue weighted by atomic mass is 9.86. The molecule has 15 heteroatoms. The number of carboxylic acid groups (broad SMARTS) is 1. The zero-order valence-electron chi connectivity index (χ0n) is 34.1. The SMILES string of the molecule is COC(=O)NC(C(=O)N1[C@@H]2C[C@@H]2C[C@H]1c1ncc(-c2ccc(-c3ccc(-c4cnc([C@@H]5C[C@H]6C[C@H]6N5C(=O)[C@@H](NC(=O)O)C(C)C)[nH]4)cc3)cc2)[nH]1)C1CCOC2(CC2)C1. The summed E-state index contributed by atoms with van der Waals surface area (Å²) in [5.74, 6) is 1.88. The molecule has 0 radical (unpaired) electrons. The van der Waals surface area contributed by atoms with E-state index in [1.807, 2.05) is 29.8 Å². The number of hydrogen-bond donors (Lipinski definition) is 5. The Morgan fingerprint density at radius 1 is 0.783 bits per heavy atom. The second-order valence-electron chi connectivity index (χ2n) is 18.2. The molecule has 15 nitrogen and oxygen atoms in total. The van der Waals surface area contributed by atoms with Crippen molar-refractivity contribution < 1.29 is 33.8 Å². The van der Waals surface area contributed by atoms with Gasteiger partial charge < -0.3 is 45.0 Å². The van der Waals surface area contributed by atoms with Crippen LogP contribution in [0.15, 0.2) is 60.9 Å². The molecule has 2 aromatic heterocycles. The standard InChI is InChI=1S/C45H52N8O7/c1-23(2)37(50-43(56)57)41(54)52-33-16-29(33)18-35(52)39-46-21-31(48-39)26-8-4-24(5-9-26)25-6-10-27(11-7-25)32-22-47-40(49-32)36-19-30-17-34(30)53(36)42(55)38(51-44(58)59-3)28-12-15-60-45(20-28)13-14-45/h4-11,21-23,28-30,33-38,50H,12-20H2,1-3H3,(H,46,48)(H,47,49)(H,51,58)(H,56,57)/t28?,29-,30-,33-,34-,35+,36+,37+,38?/m1/s1. The Morgan fingerprint density at radius 2 is 1.30 bits per heavy atom. The summed E-state index contributed by atoms with van der Waals surface area (Å²) < 4.78 is 11.0. The molecule has 6 aliphatic rings. The molecular formula is C45H52N8O7. The number of carbonyl (C=O) groups is 4. The number of benzene rings is 2. The highest BCUT2D eigenvalue weighted by molar-refractivity contribution is 5.88. The van der Waals surface area contributed by atoms with E-state index in [4.69, 9.17) is 19.4 Å². The van der Waals surface area contributed by atoms with Gasteiger partial charge in [-0.2, -0.15) is 0 Å². The Hall–Kier alpha value is -5.70. The summed E-state index contributed by atoms with van der Waals surface area (Å²) in [6, 6.07) is 15.0. The van der Waals surface area contributed by atoms with Crippen LogP contribution in [0.25, 0.3) is 33.6 Å². The van der Waals surface area contributed by atoms with Gasteiger partial charge in [-0.05, 0) is 97.3 Å². The lowest BCUT2D eigenvalue weighted by Gasteiger charge is -2.37. The van der Waals surface area contributed by atoms with Gasteiger partial charge >= 0.3 is 12.2 Å². The number of methoxy groups -OCH3 is 1. The summed E-state index contributed by atoms with van der Waals surface area (Å²) in [6.45, 7) is 4.29. The predicted octanol–water partition coefficient (Wildman–Crippen LogP) is 6.43. The van der Waals surface area contributed by atoms with Gasteiger partial charge in [0, 0.05) is 18.7 Å². The summed E-state index contributed by atoms with van der Waals surface area (Å²) in [6.07, 6.45) is 8.89. The van der Waals surface area contributed by atoms with E-state index in [0.29, 0.717) is 24.9 Å². The van der Waals surface area contributed by atoms with Crippen molar-refractivity contribution in [3.05, 3.63) is 72.6 Å². The number of imidazole rings is 2. The number of nitrogens with one attached hydrogen (secondary N) is 4. The molecule has 10 rings (SSSR count). The summed E-state index contributed by atoms with van der Waals surface area (Å²) in [4.78, 5) is 72.4. The Labute approximate surface area is 348 Å². The average molecular weight is 817 g/mol. The number of hydrogen-bond acceptors (Lipinski definition) is 8. The number of piperidine rings is 2. The number of nitrogens with zero attached hydrogens (tertiary/aromatic N) is 4. The van der Waals surface area contributed by atoms with Crippen molar-refractivity contribution in [3.63, 3.8) is 0 Å². The van der Waals surface area contributed by atoms with Crippen LogP contribution in [0, 0.1) is 23.7 Å². The van der Waals surface area contributed by atoms with Crippen molar-refractivity contribution in [2.24, 2.45) is 23.7 Å². The Bertz CT molecular complexity index is 2300. The number of ether oxygens (including phenoxy) is 2. The van der Waals surface area contributed by atoms with E-state index in [-0.39, 0.29) is 53.4 Å². The second kappa shape index (κ2) is 14.8. The normalized spacial score (nSPS) is 27.8. The van der Waals surface area contributed by atoms with Gasteiger partial charge in [-0.15, -0.1) is 0 Å². The molecule has 4 aromatic rings. The molecule has 2 aromatic carbocycles. The van der Waals surface area contributed by atoms with Gasteiger partial charge in [0.25, 0.3) is 0 Å². The quantitative estimate of drug-likeness (QED) is 0.113. The highest BCUT2D eigenvalue weighted by Crippen LogP contribution is 2.55. The molecular weight excluding hydrogens is 765 g/mol. The second-order valence-corrected chi connectivity index (χ2v) is 18.2. The molecule has 3 aliphatic heterocycles. The average Bonchev–Trinajstić information content (AvgIpc) is 4.14. The van der Waals surface area contributed by atoms with Crippen LogP contribution in [0.2, 0.25) is 0 Å². The fourth-order valence-corrected chi connectivity index (χ4v) is 10.4. The number of fused-ring (bicyclic) bond motifs is 2. The maximum Gasteiger partial charge on any atom is 0.407 e. The number of H-pyrrole nitrogens is 2. The van der Waals surface area contributed by atoms with Crippen molar-refractivity contribution in [1.82, 2.24) is 40.4 Å². The molecule has 60 heavy (non-hydrogen) atoms. The Balaban J connectivity index is 0.809. The maximum absolute atomic E-state index is 14.4. The fraction of sp³-hybridized carbons (Fsp3) is 0.511. The minimum absolute atomic E-state index is 0.0154. The van der Waals surface area contributed by atoms with Gasteiger partial charge in [0.2, 0.25) is 11.8 Å². The van der Waals surface area contributed by atoms with E-state index >= 15 is 0 Å². The molecule has 3 aliphatic carbocycles. The van der Waals surface area contributed by atoms with E-state index < -0.39 is 24.3 Å². The predicted molar refractivity (Wildman–Crippen MR) is 219 cm³/mol. The van der Waals surface area contributed by atoms with Crippen LogP contribution in [0.5, 0.6) is 0 Å². The molecule has 5 heterocycles. The molecule has 2 unspecified atom stereocenters. The Morgan fingerprint density at radius 3 is 1.78 bits per heavy atom. The minimum atomic E-state index is -1.20. The molecule has 3 saturated heterocycles.